The van der Waals surface area contributed by atoms with E-state index in [1.54, 1.807) is 55.2 Å². The highest BCUT2D eigenvalue weighted by Crippen LogP contribution is 2.44. The lowest BCUT2D eigenvalue weighted by Crippen LogP contribution is -2.06. The molecular formula is C34H32N4O4S5. The Morgan fingerprint density at radius 3 is 1.34 bits per heavy atom. The number of esters is 2. The number of rotatable bonds is 14. The molecule has 0 aromatic carbocycles. The molecule has 5 rings (SSSR count). The van der Waals surface area contributed by atoms with E-state index in [4.69, 9.17) is 24.5 Å². The van der Waals surface area contributed by atoms with E-state index in [0.29, 0.717) is 34.0 Å². The minimum Gasteiger partial charge on any atom is -0.462 e. The minimum atomic E-state index is -0.395. The van der Waals surface area contributed by atoms with Crippen molar-refractivity contribution in [2.24, 2.45) is 20.0 Å². The SMILES string of the molecule is CCOC(=O)c1c(N=Cc2cccs2)sc(N=Cc2ccc(C=Nc3sc(N=Cc4cccs4)c(CC)c3C(=O)OCC)s2)c1CC. The Morgan fingerprint density at radius 2 is 0.979 bits per heavy atom. The summed E-state index contributed by atoms with van der Waals surface area (Å²) in [6, 6.07) is 11.8. The summed E-state index contributed by atoms with van der Waals surface area (Å²) >= 11 is 7.44. The first-order chi connectivity index (χ1) is 22.9. The molecule has 0 unspecified atom stereocenters. The molecule has 47 heavy (non-hydrogen) atoms. The molecule has 0 amide bonds. The first-order valence-electron chi connectivity index (χ1n) is 14.9. The summed E-state index contributed by atoms with van der Waals surface area (Å²) in [5.74, 6) is -0.786. The molecule has 8 nitrogen and oxygen atoms in total. The molecule has 0 N–H and O–H groups in total. The van der Waals surface area contributed by atoms with Crippen LogP contribution in [0, 0.1) is 0 Å². The van der Waals surface area contributed by atoms with Crippen LogP contribution in [-0.2, 0) is 22.3 Å². The highest BCUT2D eigenvalue weighted by atomic mass is 32.1. The molecule has 242 valence electrons. The van der Waals surface area contributed by atoms with Crippen molar-refractivity contribution in [3.63, 3.8) is 0 Å². The quantitative estimate of drug-likeness (QED) is 0.0841. The van der Waals surface area contributed by atoms with Gasteiger partial charge in [0.1, 0.15) is 31.1 Å². The summed E-state index contributed by atoms with van der Waals surface area (Å²) in [5, 5.41) is 6.60. The Hall–Kier alpha value is -3.88. The molecule has 0 aliphatic heterocycles. The second-order valence-corrected chi connectivity index (χ2v) is 14.6. The van der Waals surface area contributed by atoms with Crippen LogP contribution in [-0.4, -0.2) is 50.0 Å². The molecule has 0 spiro atoms. The average molecular weight is 721 g/mol. The van der Waals surface area contributed by atoms with Gasteiger partial charge in [0.25, 0.3) is 0 Å². The molecule has 5 aromatic heterocycles. The van der Waals surface area contributed by atoms with Gasteiger partial charge in [-0.1, -0.05) is 48.7 Å². The van der Waals surface area contributed by atoms with Crippen molar-refractivity contribution in [2.45, 2.75) is 40.5 Å². The summed E-state index contributed by atoms with van der Waals surface area (Å²) in [5.41, 5.74) is 2.58. The Balaban J connectivity index is 1.41. The van der Waals surface area contributed by atoms with Crippen molar-refractivity contribution in [1.29, 1.82) is 0 Å². The third kappa shape index (κ3) is 8.54. The van der Waals surface area contributed by atoms with Crippen LogP contribution in [0.4, 0.5) is 20.0 Å². The van der Waals surface area contributed by atoms with Gasteiger partial charge < -0.3 is 9.47 Å². The fourth-order valence-electron chi connectivity index (χ4n) is 4.48. The second kappa shape index (κ2) is 16.8. The highest BCUT2D eigenvalue weighted by Gasteiger charge is 2.25. The van der Waals surface area contributed by atoms with Crippen LogP contribution >= 0.6 is 56.7 Å². The van der Waals surface area contributed by atoms with Gasteiger partial charge in [-0.25, -0.2) is 29.6 Å². The number of aliphatic imine (C=N–C) groups is 4. The van der Waals surface area contributed by atoms with Crippen LogP contribution in [0.3, 0.4) is 0 Å². The number of carbonyl (C=O) groups excluding carboxylic acids is 2. The van der Waals surface area contributed by atoms with Crippen LogP contribution < -0.4 is 0 Å². The Kier molecular flexibility index (Phi) is 12.3. The zero-order valence-electron chi connectivity index (χ0n) is 26.2. The third-order valence-electron chi connectivity index (χ3n) is 6.57. The number of nitrogens with zero attached hydrogens (tertiary/aromatic N) is 4. The first-order valence-corrected chi connectivity index (χ1v) is 19.1. The van der Waals surface area contributed by atoms with Crippen LogP contribution in [0.2, 0.25) is 0 Å². The van der Waals surface area contributed by atoms with Gasteiger partial charge in [-0.3, -0.25) is 0 Å². The molecule has 5 aromatic rings. The summed E-state index contributed by atoms with van der Waals surface area (Å²) in [6.45, 7) is 8.13. The van der Waals surface area contributed by atoms with Crippen LogP contribution in [0.25, 0.3) is 0 Å². The number of hydrogen-bond acceptors (Lipinski definition) is 13. The lowest BCUT2D eigenvalue weighted by Gasteiger charge is -2.04. The van der Waals surface area contributed by atoms with Crippen molar-refractivity contribution >= 4 is 113 Å². The predicted molar refractivity (Wildman–Crippen MR) is 201 cm³/mol. The normalized spacial score (nSPS) is 12.0. The molecular weight excluding hydrogens is 689 g/mol. The third-order valence-corrected chi connectivity index (χ3v) is 11.2. The molecule has 0 bridgehead atoms. The average Bonchev–Trinajstić information content (AvgIpc) is 3.91. The van der Waals surface area contributed by atoms with Gasteiger partial charge in [0.15, 0.2) is 0 Å². The van der Waals surface area contributed by atoms with Crippen molar-refractivity contribution in [3.8, 4) is 0 Å². The number of carbonyl (C=O) groups is 2. The molecule has 0 atom stereocenters. The van der Waals surface area contributed by atoms with Crippen molar-refractivity contribution in [3.05, 3.63) is 88.9 Å². The summed E-state index contributed by atoms with van der Waals surface area (Å²) in [6.07, 6.45) is 8.35. The van der Waals surface area contributed by atoms with E-state index < -0.39 is 11.9 Å². The van der Waals surface area contributed by atoms with Gasteiger partial charge in [0.2, 0.25) is 0 Å². The fraction of sp³-hybridized carbons (Fsp3) is 0.235. The van der Waals surface area contributed by atoms with Crippen LogP contribution in [0.15, 0.2) is 67.1 Å². The van der Waals surface area contributed by atoms with Gasteiger partial charge in [0.05, 0.1) is 13.2 Å². The lowest BCUT2D eigenvalue weighted by atomic mass is 10.1. The molecule has 13 heteroatoms. The summed E-state index contributed by atoms with van der Waals surface area (Å²) < 4.78 is 10.8. The van der Waals surface area contributed by atoms with Gasteiger partial charge in [-0.2, -0.15) is 0 Å². The summed E-state index contributed by atoms with van der Waals surface area (Å²) in [7, 11) is 0. The lowest BCUT2D eigenvalue weighted by molar-refractivity contribution is 0.0517. The van der Waals surface area contributed by atoms with Crippen molar-refractivity contribution in [1.82, 2.24) is 0 Å². The zero-order valence-corrected chi connectivity index (χ0v) is 30.3. The Bertz CT molecular complexity index is 1930. The molecule has 0 fully saturated rings. The van der Waals surface area contributed by atoms with E-state index in [9.17, 15) is 9.59 Å². The molecule has 0 radical (unpaired) electrons. The predicted octanol–water partition coefficient (Wildman–Crippen LogP) is 10.5. The van der Waals surface area contributed by atoms with Crippen molar-refractivity contribution in [2.75, 3.05) is 13.2 Å². The van der Waals surface area contributed by atoms with E-state index in [0.717, 1.165) is 40.6 Å². The largest absolute Gasteiger partial charge is 0.462 e. The van der Waals surface area contributed by atoms with Gasteiger partial charge in [-0.15, -0.1) is 34.0 Å². The highest BCUT2D eigenvalue weighted by molar-refractivity contribution is 7.21. The molecule has 0 saturated heterocycles. The van der Waals surface area contributed by atoms with E-state index in [1.165, 1.54) is 34.0 Å². The number of thiophene rings is 5. The van der Waals surface area contributed by atoms with Gasteiger partial charge >= 0.3 is 11.9 Å². The molecule has 0 saturated carbocycles. The Labute approximate surface area is 293 Å². The van der Waals surface area contributed by atoms with Crippen LogP contribution in [0.1, 0.15) is 79.0 Å². The van der Waals surface area contributed by atoms with E-state index in [-0.39, 0.29) is 13.2 Å². The minimum absolute atomic E-state index is 0.274. The standard InChI is InChI=1S/C34H32N4O4S5/c1-5-25-28(34(40)42-8-4)32(46-29(25)35-17-21-11-9-15-43-21)38-20-24-14-13-23(45-24)19-36-30-26(6-2)27(33(39)41-7-3)31(47-30)37-18-22-12-10-16-44-22/h9-20H,5-8H2,1-4H3. The number of hydrogen-bond donors (Lipinski definition) is 0. The second-order valence-electron chi connectivity index (χ2n) is 9.58. The van der Waals surface area contributed by atoms with E-state index >= 15 is 0 Å². The van der Waals surface area contributed by atoms with Crippen LogP contribution in [0.5, 0.6) is 0 Å². The summed E-state index contributed by atoms with van der Waals surface area (Å²) in [4.78, 5) is 48.6. The van der Waals surface area contributed by atoms with E-state index in [1.807, 2.05) is 67.2 Å². The maximum absolute atomic E-state index is 13.0. The topological polar surface area (TPSA) is 102 Å². The Morgan fingerprint density at radius 1 is 0.574 bits per heavy atom. The smallest absolute Gasteiger partial charge is 0.341 e. The van der Waals surface area contributed by atoms with E-state index in [2.05, 4.69) is 4.99 Å². The molecule has 0 aliphatic carbocycles. The zero-order chi connectivity index (χ0) is 33.2. The molecule has 0 aliphatic rings. The first kappa shape index (κ1) is 34.5. The number of ether oxygens (including phenoxy) is 2. The van der Waals surface area contributed by atoms with Crippen molar-refractivity contribution < 1.29 is 19.1 Å². The maximum Gasteiger partial charge on any atom is 0.341 e. The monoisotopic (exact) mass is 720 g/mol. The molecule has 5 heterocycles. The van der Waals surface area contributed by atoms with Gasteiger partial charge in [-0.05, 0) is 61.7 Å². The fourth-order valence-corrected chi connectivity index (χ4v) is 8.55. The maximum atomic E-state index is 13.0. The van der Waals surface area contributed by atoms with Gasteiger partial charge in [0, 0.05) is 55.5 Å².